The normalized spacial score (nSPS) is 13.9. The van der Waals surface area contributed by atoms with Crippen LogP contribution in [0.15, 0.2) is 23.1 Å². The van der Waals surface area contributed by atoms with Crippen molar-refractivity contribution in [3.63, 3.8) is 0 Å². The molecule has 1 aromatic rings. The number of rotatable bonds is 9. The minimum absolute atomic E-state index is 0.304. The Labute approximate surface area is 140 Å². The molecule has 0 aliphatic heterocycles. The summed E-state index contributed by atoms with van der Waals surface area (Å²) >= 11 is 13.7. The first kappa shape index (κ1) is 18.6. The molecule has 0 saturated heterocycles. The fourth-order valence-electron chi connectivity index (χ4n) is 1.90. The summed E-state index contributed by atoms with van der Waals surface area (Å²) in [6.45, 7) is 4.71. The Morgan fingerprint density at radius 2 is 2.14 bits per heavy atom. The number of benzene rings is 1. The predicted octanol–water partition coefficient (Wildman–Crippen LogP) is 4.11. The third-order valence-corrected chi connectivity index (χ3v) is 5.10. The summed E-state index contributed by atoms with van der Waals surface area (Å²) in [6.07, 6.45) is 2.53. The summed E-state index contributed by atoms with van der Waals surface area (Å²) in [7, 11) is 0. The van der Waals surface area contributed by atoms with E-state index < -0.39 is 5.54 Å². The van der Waals surface area contributed by atoms with Crippen molar-refractivity contribution in [3.05, 3.63) is 28.2 Å². The van der Waals surface area contributed by atoms with E-state index in [2.05, 4.69) is 12.2 Å². The molecule has 0 heterocycles. The molecule has 0 aromatic heterocycles. The van der Waals surface area contributed by atoms with Gasteiger partial charge in [0.1, 0.15) is 0 Å². The quantitative estimate of drug-likeness (QED) is 0.521. The zero-order chi connectivity index (χ0) is 15.9. The molecule has 1 atom stereocenters. The Hall–Kier alpha value is -0.420. The van der Waals surface area contributed by atoms with E-state index in [9.17, 15) is 4.79 Å². The topological polar surface area (TPSA) is 55.1 Å². The molecule has 0 fully saturated rings. The summed E-state index contributed by atoms with van der Waals surface area (Å²) in [5, 5.41) is 4.61. The molecule has 0 radical (unpaired) electrons. The van der Waals surface area contributed by atoms with Gasteiger partial charge in [0.05, 0.1) is 10.6 Å². The van der Waals surface area contributed by atoms with Gasteiger partial charge in [0, 0.05) is 9.92 Å². The van der Waals surface area contributed by atoms with Crippen LogP contribution in [0.25, 0.3) is 0 Å². The molecule has 3 nitrogen and oxygen atoms in total. The lowest BCUT2D eigenvalue weighted by atomic mass is 9.95. The fourth-order valence-corrected chi connectivity index (χ4v) is 3.34. The lowest BCUT2D eigenvalue weighted by Gasteiger charge is -2.27. The van der Waals surface area contributed by atoms with Gasteiger partial charge in [0.25, 0.3) is 0 Å². The van der Waals surface area contributed by atoms with E-state index in [1.807, 2.05) is 13.0 Å². The highest BCUT2D eigenvalue weighted by Crippen LogP contribution is 2.30. The molecule has 0 spiro atoms. The molecule has 3 N–H and O–H groups in total. The van der Waals surface area contributed by atoms with Gasteiger partial charge in [-0.15, -0.1) is 11.8 Å². The van der Waals surface area contributed by atoms with Crippen molar-refractivity contribution in [3.8, 4) is 0 Å². The maximum atomic E-state index is 11.6. The summed E-state index contributed by atoms with van der Waals surface area (Å²) in [5.74, 6) is 0.554. The van der Waals surface area contributed by atoms with Crippen LogP contribution in [0.2, 0.25) is 10.0 Å². The van der Waals surface area contributed by atoms with Gasteiger partial charge < -0.3 is 11.1 Å². The predicted molar refractivity (Wildman–Crippen MR) is 92.3 cm³/mol. The van der Waals surface area contributed by atoms with Gasteiger partial charge in [-0.25, -0.2) is 0 Å². The van der Waals surface area contributed by atoms with Crippen LogP contribution < -0.4 is 11.1 Å². The van der Waals surface area contributed by atoms with Gasteiger partial charge in [-0.3, -0.25) is 4.79 Å². The summed E-state index contributed by atoms with van der Waals surface area (Å²) in [4.78, 5) is 12.6. The van der Waals surface area contributed by atoms with Crippen molar-refractivity contribution in [1.82, 2.24) is 5.32 Å². The number of halogens is 2. The molecule has 0 bridgehead atoms. The maximum absolute atomic E-state index is 11.6. The standard InChI is InChI=1S/C15H22Cl2N2OS/c1-3-8-19-15(2,14(18)20)7-4-9-21-13-10-11(16)5-6-12(13)17/h5-6,10,19H,3-4,7-9H2,1-2H3,(H2,18,20). The van der Waals surface area contributed by atoms with E-state index in [0.29, 0.717) is 16.5 Å². The lowest BCUT2D eigenvalue weighted by Crippen LogP contribution is -2.53. The number of nitrogens with one attached hydrogen (secondary N) is 1. The first-order valence-corrected chi connectivity index (χ1v) is 8.76. The average molecular weight is 349 g/mol. The van der Waals surface area contributed by atoms with Crippen molar-refractivity contribution in [1.29, 1.82) is 0 Å². The smallest absolute Gasteiger partial charge is 0.237 e. The monoisotopic (exact) mass is 348 g/mol. The van der Waals surface area contributed by atoms with E-state index in [-0.39, 0.29) is 5.91 Å². The number of carbonyl (C=O) groups is 1. The fraction of sp³-hybridized carbons (Fsp3) is 0.533. The van der Waals surface area contributed by atoms with Gasteiger partial charge in [-0.2, -0.15) is 0 Å². The first-order chi connectivity index (χ1) is 9.89. The molecule has 1 rings (SSSR count). The number of amides is 1. The van der Waals surface area contributed by atoms with Crippen LogP contribution in [0.3, 0.4) is 0 Å². The van der Waals surface area contributed by atoms with Crippen LogP contribution in [-0.4, -0.2) is 23.7 Å². The molecular formula is C15H22Cl2N2OS. The lowest BCUT2D eigenvalue weighted by molar-refractivity contribution is -0.124. The van der Waals surface area contributed by atoms with E-state index >= 15 is 0 Å². The second kappa shape index (κ2) is 8.89. The highest BCUT2D eigenvalue weighted by Gasteiger charge is 2.29. The highest BCUT2D eigenvalue weighted by molar-refractivity contribution is 7.99. The number of nitrogens with two attached hydrogens (primary N) is 1. The van der Waals surface area contributed by atoms with Crippen LogP contribution in [0.4, 0.5) is 0 Å². The van der Waals surface area contributed by atoms with Gasteiger partial charge >= 0.3 is 0 Å². The molecule has 1 unspecified atom stereocenters. The zero-order valence-electron chi connectivity index (χ0n) is 12.4. The van der Waals surface area contributed by atoms with Gasteiger partial charge in [0.15, 0.2) is 0 Å². The largest absolute Gasteiger partial charge is 0.368 e. The van der Waals surface area contributed by atoms with E-state index in [1.165, 1.54) is 0 Å². The number of primary amides is 1. The maximum Gasteiger partial charge on any atom is 0.237 e. The Balaban J connectivity index is 2.47. The van der Waals surface area contributed by atoms with Crippen molar-refractivity contribution in [2.75, 3.05) is 12.3 Å². The molecule has 1 amide bonds. The van der Waals surface area contributed by atoms with Crippen molar-refractivity contribution in [2.45, 2.75) is 43.5 Å². The molecule has 6 heteroatoms. The molecule has 0 saturated carbocycles. The Morgan fingerprint density at radius 3 is 2.76 bits per heavy atom. The molecule has 118 valence electrons. The molecule has 0 aliphatic rings. The Morgan fingerprint density at radius 1 is 1.43 bits per heavy atom. The second-order valence-corrected chi connectivity index (χ2v) is 7.13. The summed E-state index contributed by atoms with van der Waals surface area (Å²) in [5.41, 5.74) is 4.86. The molecule has 1 aromatic carbocycles. The number of hydrogen-bond donors (Lipinski definition) is 2. The van der Waals surface area contributed by atoms with Crippen LogP contribution in [0.1, 0.15) is 33.1 Å². The SMILES string of the molecule is CCCNC(C)(CCCSc1cc(Cl)ccc1Cl)C(N)=O. The van der Waals surface area contributed by atoms with Crippen molar-refractivity contribution < 1.29 is 4.79 Å². The van der Waals surface area contributed by atoms with Crippen LogP contribution in [0, 0.1) is 0 Å². The highest BCUT2D eigenvalue weighted by atomic mass is 35.5. The van der Waals surface area contributed by atoms with E-state index in [4.69, 9.17) is 28.9 Å². The van der Waals surface area contributed by atoms with E-state index in [1.54, 1.807) is 23.9 Å². The van der Waals surface area contributed by atoms with Crippen LogP contribution in [-0.2, 0) is 4.79 Å². The van der Waals surface area contributed by atoms with Gasteiger partial charge in [-0.1, -0.05) is 30.1 Å². The van der Waals surface area contributed by atoms with Crippen molar-refractivity contribution in [2.24, 2.45) is 5.73 Å². The van der Waals surface area contributed by atoms with Crippen LogP contribution in [0.5, 0.6) is 0 Å². The Kier molecular flexibility index (Phi) is 7.88. The van der Waals surface area contributed by atoms with Gasteiger partial charge in [0.2, 0.25) is 5.91 Å². The van der Waals surface area contributed by atoms with Crippen molar-refractivity contribution >= 4 is 40.9 Å². The summed E-state index contributed by atoms with van der Waals surface area (Å²) in [6, 6.07) is 5.42. The molecular weight excluding hydrogens is 327 g/mol. The Bertz CT molecular complexity index is 485. The van der Waals surface area contributed by atoms with Crippen LogP contribution >= 0.6 is 35.0 Å². The molecule has 21 heavy (non-hydrogen) atoms. The zero-order valence-corrected chi connectivity index (χ0v) is 14.7. The number of hydrogen-bond acceptors (Lipinski definition) is 3. The third kappa shape index (κ3) is 6.07. The minimum atomic E-state index is -0.644. The number of carbonyl (C=O) groups excluding carboxylic acids is 1. The summed E-state index contributed by atoms with van der Waals surface area (Å²) < 4.78 is 0. The average Bonchev–Trinajstić information content (AvgIpc) is 2.44. The molecule has 0 aliphatic carbocycles. The first-order valence-electron chi connectivity index (χ1n) is 7.02. The van der Waals surface area contributed by atoms with E-state index in [0.717, 1.165) is 30.0 Å². The third-order valence-electron chi connectivity index (χ3n) is 3.28. The minimum Gasteiger partial charge on any atom is -0.368 e. The number of thioether (sulfide) groups is 1. The second-order valence-electron chi connectivity index (χ2n) is 5.15. The van der Waals surface area contributed by atoms with Gasteiger partial charge in [-0.05, 0) is 56.7 Å².